The molecule has 0 aliphatic heterocycles. The number of hydrogen-bond donors (Lipinski definition) is 3. The maximum atomic E-state index is 13.9. The molecule has 8 nitrogen and oxygen atoms in total. The second-order valence-electron chi connectivity index (χ2n) is 11.6. The number of benzene rings is 4. The van der Waals surface area contributed by atoms with E-state index in [2.05, 4.69) is 22.8 Å². The lowest BCUT2D eigenvalue weighted by atomic mass is 9.89. The van der Waals surface area contributed by atoms with E-state index < -0.39 is 36.0 Å². The van der Waals surface area contributed by atoms with Crippen molar-refractivity contribution in [1.29, 1.82) is 0 Å². The predicted molar refractivity (Wildman–Crippen MR) is 175 cm³/mol. The van der Waals surface area contributed by atoms with Crippen LogP contribution in [0.5, 0.6) is 0 Å². The summed E-state index contributed by atoms with van der Waals surface area (Å²) in [6, 6.07) is 32.6. The molecule has 236 valence electrons. The van der Waals surface area contributed by atoms with Crippen LogP contribution in [0.1, 0.15) is 47.9 Å². The number of carboxylic acids is 1. The first kappa shape index (κ1) is 32.2. The monoisotopic (exact) mass is 618 g/mol. The molecule has 0 fully saturated rings. The summed E-state index contributed by atoms with van der Waals surface area (Å²) in [6.45, 7) is 1.77. The van der Waals surface area contributed by atoms with E-state index in [1.807, 2.05) is 97.1 Å². The molecule has 0 bridgehead atoms. The van der Waals surface area contributed by atoms with Gasteiger partial charge in [-0.15, -0.1) is 0 Å². The third-order valence-electron chi connectivity index (χ3n) is 8.47. The molecular formula is C38H38N2O6. The van der Waals surface area contributed by atoms with E-state index >= 15 is 0 Å². The number of ketones is 1. The fourth-order valence-electron chi connectivity index (χ4n) is 6.05. The van der Waals surface area contributed by atoms with Gasteiger partial charge in [0.2, 0.25) is 5.91 Å². The average Bonchev–Trinajstić information content (AvgIpc) is 3.39. The fourth-order valence-corrected chi connectivity index (χ4v) is 6.05. The number of carboxylic acid groups (broad SMARTS) is 1. The Morgan fingerprint density at radius 3 is 1.76 bits per heavy atom. The smallest absolute Gasteiger partial charge is 0.407 e. The number of carbonyl (C=O) groups is 4. The number of fused-ring (bicyclic) bond motifs is 3. The topological polar surface area (TPSA) is 122 Å². The maximum Gasteiger partial charge on any atom is 0.407 e. The Morgan fingerprint density at radius 1 is 0.696 bits per heavy atom. The normalized spacial score (nSPS) is 13.8. The predicted octanol–water partition coefficient (Wildman–Crippen LogP) is 5.93. The number of carbonyl (C=O) groups excluding carboxylic acids is 3. The van der Waals surface area contributed by atoms with Crippen LogP contribution in [0.2, 0.25) is 0 Å². The highest BCUT2D eigenvalue weighted by molar-refractivity contribution is 5.93. The van der Waals surface area contributed by atoms with E-state index in [-0.39, 0.29) is 44.0 Å². The number of aliphatic carboxylic acids is 1. The van der Waals surface area contributed by atoms with E-state index in [1.165, 1.54) is 0 Å². The van der Waals surface area contributed by atoms with Crippen molar-refractivity contribution in [2.24, 2.45) is 5.92 Å². The summed E-state index contributed by atoms with van der Waals surface area (Å²) in [4.78, 5) is 52.2. The molecule has 0 heterocycles. The standard InChI is InChI=1S/C38H38N2O6/c1-2-33(37(43)44)39-36(42)27(21-25-13-5-3-6-14-25)23-35(41)34(22-26-15-7-4-8-16-26)40-38(45)46-24-32-30-19-11-9-17-28(30)29-18-10-12-20-31(29)32/h3-20,27,32-34H,2,21-24H2,1H3,(H,39,42)(H,40,45)(H,43,44)/t27-,33+,34+/m1/s1. The van der Waals surface area contributed by atoms with Crippen molar-refractivity contribution in [1.82, 2.24) is 10.6 Å². The molecule has 5 rings (SSSR count). The van der Waals surface area contributed by atoms with E-state index in [9.17, 15) is 24.3 Å². The van der Waals surface area contributed by atoms with E-state index in [0.717, 1.165) is 33.4 Å². The Balaban J connectivity index is 1.32. The minimum atomic E-state index is -1.14. The van der Waals surface area contributed by atoms with Crippen LogP contribution in [0, 0.1) is 5.92 Å². The van der Waals surface area contributed by atoms with Gasteiger partial charge in [0.25, 0.3) is 0 Å². The van der Waals surface area contributed by atoms with E-state index in [1.54, 1.807) is 6.92 Å². The highest BCUT2D eigenvalue weighted by atomic mass is 16.5. The van der Waals surface area contributed by atoms with Gasteiger partial charge >= 0.3 is 12.1 Å². The lowest BCUT2D eigenvalue weighted by Gasteiger charge is -2.23. The van der Waals surface area contributed by atoms with E-state index in [4.69, 9.17) is 4.74 Å². The summed E-state index contributed by atoms with van der Waals surface area (Å²) >= 11 is 0. The molecule has 3 N–H and O–H groups in total. The van der Waals surface area contributed by atoms with Crippen LogP contribution in [0.15, 0.2) is 109 Å². The summed E-state index contributed by atoms with van der Waals surface area (Å²) in [6.07, 6.45) is -0.282. The number of nitrogens with one attached hydrogen (secondary N) is 2. The fraction of sp³-hybridized carbons (Fsp3) is 0.263. The molecule has 4 aromatic rings. The average molecular weight is 619 g/mol. The molecule has 0 saturated carbocycles. The zero-order chi connectivity index (χ0) is 32.5. The van der Waals surface area contributed by atoms with Crippen molar-refractivity contribution in [3.63, 3.8) is 0 Å². The lowest BCUT2D eigenvalue weighted by molar-refractivity contribution is -0.142. The molecule has 4 aromatic carbocycles. The second kappa shape index (κ2) is 15.2. The Kier molecular flexibility index (Phi) is 10.6. The molecule has 3 atom stereocenters. The SMILES string of the molecule is CC[C@H](NC(=O)[C@@H](CC(=O)[C@H](Cc1ccccc1)NC(=O)OCC1c2ccccc2-c2ccccc21)Cc1ccccc1)C(=O)O. The molecule has 0 radical (unpaired) electrons. The van der Waals surface area contributed by atoms with Gasteiger partial charge in [-0.1, -0.05) is 116 Å². The first-order valence-electron chi connectivity index (χ1n) is 15.6. The first-order valence-corrected chi connectivity index (χ1v) is 15.6. The number of ether oxygens (including phenoxy) is 1. The van der Waals surface area contributed by atoms with Crippen molar-refractivity contribution in [2.45, 2.75) is 50.6 Å². The van der Waals surface area contributed by atoms with Gasteiger partial charge < -0.3 is 20.5 Å². The molecule has 0 aromatic heterocycles. The van der Waals surface area contributed by atoms with Crippen LogP contribution in [0.3, 0.4) is 0 Å². The Hall–Kier alpha value is -5.24. The zero-order valence-electron chi connectivity index (χ0n) is 25.7. The van der Waals surface area contributed by atoms with Gasteiger partial charge in [0, 0.05) is 18.3 Å². The van der Waals surface area contributed by atoms with Crippen LogP contribution in [0.25, 0.3) is 11.1 Å². The molecule has 2 amide bonds. The quantitative estimate of drug-likeness (QED) is 0.161. The van der Waals surface area contributed by atoms with Gasteiger partial charge in [-0.3, -0.25) is 9.59 Å². The summed E-state index contributed by atoms with van der Waals surface area (Å²) in [5.41, 5.74) is 6.05. The number of hydrogen-bond acceptors (Lipinski definition) is 5. The molecule has 0 saturated heterocycles. The van der Waals surface area contributed by atoms with Crippen molar-refractivity contribution >= 4 is 23.8 Å². The summed E-state index contributed by atoms with van der Waals surface area (Å²) in [5, 5.41) is 14.9. The van der Waals surface area contributed by atoms with Crippen LogP contribution in [-0.2, 0) is 32.0 Å². The highest BCUT2D eigenvalue weighted by Gasteiger charge is 2.32. The summed E-state index contributed by atoms with van der Waals surface area (Å²) in [5.74, 6) is -2.99. The third-order valence-corrected chi connectivity index (χ3v) is 8.47. The molecular weight excluding hydrogens is 580 g/mol. The Bertz CT molecular complexity index is 1630. The van der Waals surface area contributed by atoms with Gasteiger partial charge in [0.05, 0.1) is 6.04 Å². The Morgan fingerprint density at radius 2 is 1.22 bits per heavy atom. The minimum Gasteiger partial charge on any atom is -0.480 e. The van der Waals surface area contributed by atoms with Crippen molar-refractivity contribution in [3.8, 4) is 11.1 Å². The third kappa shape index (κ3) is 7.88. The van der Waals surface area contributed by atoms with Crippen LogP contribution in [-0.4, -0.2) is 47.6 Å². The molecule has 1 aliphatic rings. The van der Waals surface area contributed by atoms with Gasteiger partial charge in [-0.05, 0) is 52.6 Å². The van der Waals surface area contributed by atoms with Crippen LogP contribution < -0.4 is 10.6 Å². The highest BCUT2D eigenvalue weighted by Crippen LogP contribution is 2.44. The number of Topliss-reactive ketones (excluding diaryl/α,β-unsaturated/α-hetero) is 1. The van der Waals surface area contributed by atoms with Crippen molar-refractivity contribution in [3.05, 3.63) is 131 Å². The lowest BCUT2D eigenvalue weighted by Crippen LogP contribution is -2.47. The maximum absolute atomic E-state index is 13.9. The summed E-state index contributed by atoms with van der Waals surface area (Å²) in [7, 11) is 0. The van der Waals surface area contributed by atoms with Crippen molar-refractivity contribution in [2.75, 3.05) is 6.61 Å². The van der Waals surface area contributed by atoms with Gasteiger partial charge in [-0.25, -0.2) is 9.59 Å². The number of amides is 2. The molecule has 8 heteroatoms. The minimum absolute atomic E-state index is 0.0960. The molecule has 0 unspecified atom stereocenters. The number of alkyl carbamates (subject to hydrolysis) is 1. The van der Waals surface area contributed by atoms with Gasteiger partial charge in [0.15, 0.2) is 5.78 Å². The summed E-state index contributed by atoms with van der Waals surface area (Å²) < 4.78 is 5.75. The molecule has 0 spiro atoms. The zero-order valence-corrected chi connectivity index (χ0v) is 25.7. The van der Waals surface area contributed by atoms with Crippen LogP contribution >= 0.6 is 0 Å². The number of rotatable bonds is 14. The first-order chi connectivity index (χ1) is 22.3. The van der Waals surface area contributed by atoms with Gasteiger partial charge in [-0.2, -0.15) is 0 Å². The van der Waals surface area contributed by atoms with E-state index in [0.29, 0.717) is 0 Å². The largest absolute Gasteiger partial charge is 0.480 e. The molecule has 1 aliphatic carbocycles. The van der Waals surface area contributed by atoms with Gasteiger partial charge in [0.1, 0.15) is 12.6 Å². The van der Waals surface area contributed by atoms with Crippen molar-refractivity contribution < 1.29 is 29.0 Å². The molecule has 46 heavy (non-hydrogen) atoms. The Labute approximate surface area is 268 Å². The second-order valence-corrected chi connectivity index (χ2v) is 11.6. The van der Waals surface area contributed by atoms with Crippen LogP contribution in [0.4, 0.5) is 4.79 Å².